The topological polar surface area (TPSA) is 45.6 Å². The molecule has 1 aromatic carbocycles. The first-order chi connectivity index (χ1) is 11.7. The minimum Gasteiger partial charge on any atom is -0.341 e. The summed E-state index contributed by atoms with van der Waals surface area (Å²) in [5.74, 6) is 0.870. The largest absolute Gasteiger partial charge is 0.341 e. The highest BCUT2D eigenvalue weighted by Crippen LogP contribution is 2.37. The molecular weight excluding hydrogens is 322 g/mol. The van der Waals surface area contributed by atoms with Gasteiger partial charge in [-0.2, -0.15) is 0 Å². The molecule has 1 aromatic heterocycles. The van der Waals surface area contributed by atoms with Crippen LogP contribution in [0.15, 0.2) is 35.5 Å². The van der Waals surface area contributed by atoms with Crippen molar-refractivity contribution in [1.29, 1.82) is 0 Å². The monoisotopic (exact) mass is 341 g/mol. The predicted octanol–water partition coefficient (Wildman–Crippen LogP) is 3.55. The SMILES string of the molecule is C[C@@H]1C[C@H](c2ccc(C3C=N3)c3ncccc23)CN(C(=O)CCl)C1. The summed E-state index contributed by atoms with van der Waals surface area (Å²) in [5, 5.41) is 1.18. The van der Waals surface area contributed by atoms with Gasteiger partial charge in [-0.3, -0.25) is 14.8 Å². The van der Waals surface area contributed by atoms with Gasteiger partial charge in [0.15, 0.2) is 0 Å². The molecule has 0 bridgehead atoms. The van der Waals surface area contributed by atoms with Crippen molar-refractivity contribution in [3.8, 4) is 0 Å². The van der Waals surface area contributed by atoms with Gasteiger partial charge in [0.25, 0.3) is 0 Å². The Balaban J connectivity index is 1.73. The molecule has 2 aromatic rings. The van der Waals surface area contributed by atoms with Crippen molar-refractivity contribution in [2.75, 3.05) is 19.0 Å². The van der Waals surface area contributed by atoms with Crippen LogP contribution in [-0.2, 0) is 4.79 Å². The number of aromatic nitrogens is 1. The van der Waals surface area contributed by atoms with Gasteiger partial charge in [0.2, 0.25) is 5.91 Å². The van der Waals surface area contributed by atoms with E-state index in [-0.39, 0.29) is 17.8 Å². The molecule has 2 aliphatic rings. The number of hydrogen-bond donors (Lipinski definition) is 0. The van der Waals surface area contributed by atoms with Crippen LogP contribution in [0, 0.1) is 5.92 Å². The van der Waals surface area contributed by atoms with Crippen molar-refractivity contribution in [1.82, 2.24) is 9.88 Å². The third kappa shape index (κ3) is 2.80. The number of carbonyl (C=O) groups is 1. The van der Waals surface area contributed by atoms with Crippen LogP contribution in [0.5, 0.6) is 0 Å². The summed E-state index contributed by atoms with van der Waals surface area (Å²) in [6.45, 7) is 3.74. The number of pyridine rings is 1. The number of halogens is 1. The second-order valence-corrected chi connectivity index (χ2v) is 7.12. The molecule has 3 atom stereocenters. The molecule has 5 heteroatoms. The number of aliphatic imine (C=N–C) groups is 1. The van der Waals surface area contributed by atoms with Crippen LogP contribution >= 0.6 is 11.6 Å². The molecule has 0 aliphatic carbocycles. The number of piperidine rings is 1. The van der Waals surface area contributed by atoms with E-state index in [0.29, 0.717) is 11.8 Å². The Morgan fingerprint density at radius 3 is 2.83 bits per heavy atom. The van der Waals surface area contributed by atoms with E-state index in [1.54, 1.807) is 0 Å². The fourth-order valence-corrected chi connectivity index (χ4v) is 4.05. The van der Waals surface area contributed by atoms with Crippen LogP contribution in [0.25, 0.3) is 10.9 Å². The van der Waals surface area contributed by atoms with Gasteiger partial charge in [-0.25, -0.2) is 0 Å². The molecule has 0 radical (unpaired) electrons. The van der Waals surface area contributed by atoms with Gasteiger partial charge in [0.05, 0.1) is 5.52 Å². The van der Waals surface area contributed by atoms with E-state index in [1.807, 2.05) is 23.4 Å². The molecule has 24 heavy (non-hydrogen) atoms. The second kappa shape index (κ2) is 6.17. The standard InChI is InChI=1S/C19H20ClN3O/c1-12-7-13(11-23(10-12)18(24)8-20)14-4-5-16(17-9-22-17)19-15(14)3-2-6-21-19/h2-6,9,12-13,17H,7-8,10-11H2,1H3/t12-,13+,17?/m1/s1. The van der Waals surface area contributed by atoms with E-state index in [9.17, 15) is 4.79 Å². The number of amides is 1. The maximum atomic E-state index is 12.1. The highest BCUT2D eigenvalue weighted by Gasteiger charge is 2.30. The van der Waals surface area contributed by atoms with Gasteiger partial charge < -0.3 is 4.90 Å². The number of carbonyl (C=O) groups excluding carboxylic acids is 1. The van der Waals surface area contributed by atoms with E-state index in [2.05, 4.69) is 35.1 Å². The Morgan fingerprint density at radius 1 is 1.29 bits per heavy atom. The van der Waals surface area contributed by atoms with Gasteiger partial charge in [-0.1, -0.05) is 25.1 Å². The third-order valence-electron chi connectivity index (χ3n) is 5.02. The van der Waals surface area contributed by atoms with E-state index in [4.69, 9.17) is 11.6 Å². The second-order valence-electron chi connectivity index (χ2n) is 6.86. The molecular formula is C19H20ClN3O. The molecule has 124 valence electrons. The average molecular weight is 342 g/mol. The highest BCUT2D eigenvalue weighted by molar-refractivity contribution is 6.27. The summed E-state index contributed by atoms with van der Waals surface area (Å²) in [5.41, 5.74) is 3.49. The van der Waals surface area contributed by atoms with Crippen LogP contribution in [0.1, 0.15) is 36.4 Å². The zero-order valence-electron chi connectivity index (χ0n) is 13.7. The molecule has 1 saturated heterocycles. The molecule has 1 fully saturated rings. The molecule has 0 N–H and O–H groups in total. The first-order valence-corrected chi connectivity index (χ1v) is 8.95. The normalized spacial score (nSPS) is 25.9. The lowest BCUT2D eigenvalue weighted by molar-refractivity contribution is -0.130. The van der Waals surface area contributed by atoms with Crippen LogP contribution in [0.2, 0.25) is 0 Å². The molecule has 4 nitrogen and oxygen atoms in total. The molecule has 4 rings (SSSR count). The summed E-state index contributed by atoms with van der Waals surface area (Å²) in [6.07, 6.45) is 4.87. The first kappa shape index (κ1) is 15.6. The predicted molar refractivity (Wildman–Crippen MR) is 96.8 cm³/mol. The summed E-state index contributed by atoms with van der Waals surface area (Å²) >= 11 is 5.77. The Morgan fingerprint density at radius 2 is 2.08 bits per heavy atom. The molecule has 1 unspecified atom stereocenters. The molecule has 1 amide bonds. The van der Waals surface area contributed by atoms with E-state index in [1.165, 1.54) is 16.5 Å². The lowest BCUT2D eigenvalue weighted by Crippen LogP contribution is -2.43. The van der Waals surface area contributed by atoms with E-state index >= 15 is 0 Å². The van der Waals surface area contributed by atoms with Gasteiger partial charge in [0.1, 0.15) is 11.9 Å². The zero-order valence-corrected chi connectivity index (χ0v) is 14.4. The minimum absolute atomic E-state index is 0.0265. The molecule has 0 saturated carbocycles. The van der Waals surface area contributed by atoms with Gasteiger partial charge in [0, 0.05) is 42.4 Å². The summed E-state index contributed by atoms with van der Waals surface area (Å²) in [6, 6.07) is 8.66. The molecule has 2 aliphatic heterocycles. The van der Waals surface area contributed by atoms with Crippen molar-refractivity contribution in [2.45, 2.75) is 25.3 Å². The Hall–Kier alpha value is -1.94. The van der Waals surface area contributed by atoms with E-state index < -0.39 is 0 Å². The minimum atomic E-state index is 0.0265. The van der Waals surface area contributed by atoms with Crippen molar-refractivity contribution >= 4 is 34.6 Å². The Kier molecular flexibility index (Phi) is 4.01. The maximum absolute atomic E-state index is 12.1. The smallest absolute Gasteiger partial charge is 0.237 e. The fourth-order valence-electron chi connectivity index (χ4n) is 3.88. The Labute approximate surface area is 146 Å². The Bertz CT molecular complexity index is 813. The number of likely N-dealkylation sites (tertiary alicyclic amines) is 1. The number of rotatable bonds is 3. The van der Waals surface area contributed by atoms with Crippen molar-refractivity contribution in [2.24, 2.45) is 10.9 Å². The van der Waals surface area contributed by atoms with Crippen LogP contribution in [0.3, 0.4) is 0 Å². The van der Waals surface area contributed by atoms with Gasteiger partial charge in [-0.05, 0) is 24.0 Å². The number of hydrogen-bond acceptors (Lipinski definition) is 3. The third-order valence-corrected chi connectivity index (χ3v) is 5.25. The summed E-state index contributed by atoms with van der Waals surface area (Å²) in [7, 11) is 0. The van der Waals surface area contributed by atoms with Crippen molar-refractivity contribution in [3.05, 3.63) is 41.6 Å². The van der Waals surface area contributed by atoms with Crippen molar-refractivity contribution in [3.63, 3.8) is 0 Å². The van der Waals surface area contributed by atoms with Crippen LogP contribution < -0.4 is 0 Å². The maximum Gasteiger partial charge on any atom is 0.237 e. The van der Waals surface area contributed by atoms with Crippen LogP contribution in [0.4, 0.5) is 0 Å². The molecule has 0 spiro atoms. The summed E-state index contributed by atoms with van der Waals surface area (Å²) in [4.78, 5) is 22.9. The number of alkyl halides is 1. The van der Waals surface area contributed by atoms with Crippen molar-refractivity contribution < 1.29 is 4.79 Å². The number of nitrogens with zero attached hydrogens (tertiary/aromatic N) is 3. The van der Waals surface area contributed by atoms with Crippen LogP contribution in [-0.4, -0.2) is 41.0 Å². The summed E-state index contributed by atoms with van der Waals surface area (Å²) < 4.78 is 0. The fraction of sp³-hybridized carbons (Fsp3) is 0.421. The van der Waals surface area contributed by atoms with E-state index in [0.717, 1.165) is 25.0 Å². The zero-order chi connectivity index (χ0) is 16.7. The first-order valence-electron chi connectivity index (χ1n) is 8.42. The lowest BCUT2D eigenvalue weighted by Gasteiger charge is -2.37. The number of benzene rings is 1. The number of fused-ring (bicyclic) bond motifs is 1. The lowest BCUT2D eigenvalue weighted by atomic mass is 9.83. The highest BCUT2D eigenvalue weighted by atomic mass is 35.5. The molecule has 3 heterocycles. The average Bonchev–Trinajstić information content (AvgIpc) is 3.44. The van der Waals surface area contributed by atoms with Gasteiger partial charge >= 0.3 is 0 Å². The van der Waals surface area contributed by atoms with Gasteiger partial charge in [-0.15, -0.1) is 11.6 Å². The quantitative estimate of drug-likeness (QED) is 0.801.